The minimum atomic E-state index is -0.298. The average molecular weight is 186 g/mol. The third-order valence-corrected chi connectivity index (χ3v) is 2.17. The van der Waals surface area contributed by atoms with Crippen molar-refractivity contribution in [2.45, 2.75) is 19.8 Å². The number of hydrogen-bond acceptors (Lipinski definition) is 3. The fourth-order valence-electron chi connectivity index (χ4n) is 1.46. The van der Waals surface area contributed by atoms with Gasteiger partial charge in [0, 0.05) is 19.0 Å². The summed E-state index contributed by atoms with van der Waals surface area (Å²) in [6, 6.07) is 0. The Kier molecular flexibility index (Phi) is 4.60. The Hall–Kier alpha value is -0.770. The zero-order valence-corrected chi connectivity index (χ0v) is 8.14. The first-order valence-electron chi connectivity index (χ1n) is 4.94. The van der Waals surface area contributed by atoms with Crippen LogP contribution in [0.2, 0.25) is 0 Å². The molecular weight excluding hydrogens is 168 g/mol. The lowest BCUT2D eigenvalue weighted by Gasteiger charge is -2.22. The Morgan fingerprint density at radius 3 is 3.15 bits per heavy atom. The van der Waals surface area contributed by atoms with Gasteiger partial charge in [0.1, 0.15) is 0 Å². The van der Waals surface area contributed by atoms with Crippen molar-refractivity contribution in [3.63, 3.8) is 0 Å². The second-order valence-corrected chi connectivity index (χ2v) is 3.34. The maximum Gasteiger partial charge on any atom is 0.407 e. The highest BCUT2D eigenvalue weighted by Crippen LogP contribution is 2.09. The van der Waals surface area contributed by atoms with Gasteiger partial charge in [0.2, 0.25) is 0 Å². The van der Waals surface area contributed by atoms with Crippen LogP contribution in [0.5, 0.6) is 0 Å². The van der Waals surface area contributed by atoms with E-state index < -0.39 is 0 Å². The number of rotatable bonds is 3. The number of carbonyl (C=O) groups excluding carboxylic acids is 1. The first kappa shape index (κ1) is 10.3. The van der Waals surface area contributed by atoms with E-state index in [0.717, 1.165) is 19.5 Å². The van der Waals surface area contributed by atoms with Crippen LogP contribution in [-0.2, 0) is 4.74 Å². The summed E-state index contributed by atoms with van der Waals surface area (Å²) in [7, 11) is 0. The molecule has 1 saturated heterocycles. The second kappa shape index (κ2) is 5.80. The lowest BCUT2D eigenvalue weighted by atomic mass is 10.0. The van der Waals surface area contributed by atoms with Crippen LogP contribution in [0.3, 0.4) is 0 Å². The summed E-state index contributed by atoms with van der Waals surface area (Å²) in [6.45, 7) is 5.11. The van der Waals surface area contributed by atoms with Gasteiger partial charge in [-0.1, -0.05) is 0 Å². The predicted molar refractivity (Wildman–Crippen MR) is 50.6 cm³/mol. The summed E-state index contributed by atoms with van der Waals surface area (Å²) < 4.78 is 5.03. The molecule has 0 spiro atoms. The highest BCUT2D eigenvalue weighted by molar-refractivity contribution is 5.66. The summed E-state index contributed by atoms with van der Waals surface area (Å²) in [5.74, 6) is 0.497. The van der Waals surface area contributed by atoms with Crippen LogP contribution in [-0.4, -0.2) is 32.3 Å². The minimum Gasteiger partial charge on any atom is -0.449 e. The quantitative estimate of drug-likeness (QED) is 0.683. The van der Waals surface area contributed by atoms with Gasteiger partial charge >= 0.3 is 6.09 Å². The van der Waals surface area contributed by atoms with E-state index in [1.54, 1.807) is 0 Å². The van der Waals surface area contributed by atoms with E-state index >= 15 is 0 Å². The molecule has 2 N–H and O–H groups in total. The van der Waals surface area contributed by atoms with Crippen LogP contribution in [0.1, 0.15) is 19.8 Å². The Balaban J connectivity index is 2.06. The molecule has 1 heterocycles. The number of hydrogen-bond donors (Lipinski definition) is 2. The molecule has 13 heavy (non-hydrogen) atoms. The van der Waals surface area contributed by atoms with E-state index in [9.17, 15) is 4.79 Å². The van der Waals surface area contributed by atoms with E-state index in [4.69, 9.17) is 4.74 Å². The van der Waals surface area contributed by atoms with Crippen molar-refractivity contribution in [1.82, 2.24) is 10.6 Å². The van der Waals surface area contributed by atoms with E-state index in [0.29, 0.717) is 19.1 Å². The molecule has 0 bridgehead atoms. The summed E-state index contributed by atoms with van der Waals surface area (Å²) in [4.78, 5) is 10.9. The van der Waals surface area contributed by atoms with E-state index in [2.05, 4.69) is 10.6 Å². The standard InChI is InChI=1S/C9H18N2O2/c1-2-11-9(12)13-7-8-4-3-5-10-6-8/h8,10H,2-7H2,1H3,(H,11,12). The SMILES string of the molecule is CCNC(=O)OCC1CCCNC1. The molecule has 4 nitrogen and oxygen atoms in total. The molecule has 0 aromatic heterocycles. The molecule has 0 radical (unpaired) electrons. The molecule has 1 amide bonds. The van der Waals surface area contributed by atoms with Crippen LogP contribution in [0.4, 0.5) is 4.79 Å². The van der Waals surface area contributed by atoms with Gasteiger partial charge < -0.3 is 15.4 Å². The van der Waals surface area contributed by atoms with Gasteiger partial charge in [0.25, 0.3) is 0 Å². The predicted octanol–water partition coefficient (Wildman–Crippen LogP) is 0.732. The molecule has 1 aliphatic rings. The average Bonchev–Trinajstić information content (AvgIpc) is 2.17. The van der Waals surface area contributed by atoms with Gasteiger partial charge in [-0.25, -0.2) is 4.79 Å². The zero-order valence-electron chi connectivity index (χ0n) is 8.14. The van der Waals surface area contributed by atoms with Gasteiger partial charge in [0.15, 0.2) is 0 Å². The molecule has 4 heteroatoms. The largest absolute Gasteiger partial charge is 0.449 e. The minimum absolute atomic E-state index is 0.298. The van der Waals surface area contributed by atoms with Crippen molar-refractivity contribution < 1.29 is 9.53 Å². The van der Waals surface area contributed by atoms with Gasteiger partial charge in [-0.15, -0.1) is 0 Å². The maximum atomic E-state index is 10.9. The molecule has 1 rings (SSSR count). The third-order valence-electron chi connectivity index (χ3n) is 2.17. The van der Waals surface area contributed by atoms with E-state index in [-0.39, 0.29) is 6.09 Å². The highest BCUT2D eigenvalue weighted by Gasteiger charge is 2.14. The Morgan fingerprint density at radius 2 is 2.54 bits per heavy atom. The molecule has 1 unspecified atom stereocenters. The summed E-state index contributed by atoms with van der Waals surface area (Å²) >= 11 is 0. The summed E-state index contributed by atoms with van der Waals surface area (Å²) in [5, 5.41) is 5.88. The molecule has 1 aliphatic heterocycles. The molecule has 1 fully saturated rings. The summed E-state index contributed by atoms with van der Waals surface area (Å²) in [6.07, 6.45) is 2.05. The van der Waals surface area contributed by atoms with Crippen molar-refractivity contribution in [3.05, 3.63) is 0 Å². The molecule has 0 aromatic rings. The zero-order chi connectivity index (χ0) is 9.52. The second-order valence-electron chi connectivity index (χ2n) is 3.34. The lowest BCUT2D eigenvalue weighted by Crippen LogP contribution is -2.34. The molecule has 76 valence electrons. The fraction of sp³-hybridized carbons (Fsp3) is 0.889. The van der Waals surface area contributed by atoms with Crippen LogP contribution in [0.25, 0.3) is 0 Å². The molecule has 0 aliphatic carbocycles. The molecule has 1 atom stereocenters. The highest BCUT2D eigenvalue weighted by atomic mass is 16.5. The number of alkyl carbamates (subject to hydrolysis) is 1. The topological polar surface area (TPSA) is 50.4 Å². The van der Waals surface area contributed by atoms with Gasteiger partial charge in [0.05, 0.1) is 6.61 Å². The first-order chi connectivity index (χ1) is 6.33. The van der Waals surface area contributed by atoms with Crippen LogP contribution < -0.4 is 10.6 Å². The van der Waals surface area contributed by atoms with E-state index in [1.165, 1.54) is 6.42 Å². The smallest absolute Gasteiger partial charge is 0.407 e. The van der Waals surface area contributed by atoms with Crippen molar-refractivity contribution in [1.29, 1.82) is 0 Å². The number of ether oxygens (including phenoxy) is 1. The summed E-state index contributed by atoms with van der Waals surface area (Å²) in [5.41, 5.74) is 0. The first-order valence-corrected chi connectivity index (χ1v) is 4.94. The van der Waals surface area contributed by atoms with Gasteiger partial charge in [-0.3, -0.25) is 0 Å². The maximum absolute atomic E-state index is 10.9. The van der Waals surface area contributed by atoms with Crippen molar-refractivity contribution in [2.24, 2.45) is 5.92 Å². The molecule has 0 saturated carbocycles. The van der Waals surface area contributed by atoms with Gasteiger partial charge in [-0.2, -0.15) is 0 Å². The number of nitrogens with one attached hydrogen (secondary N) is 2. The Labute approximate surface area is 79.0 Å². The van der Waals surface area contributed by atoms with Crippen LogP contribution in [0, 0.1) is 5.92 Å². The third kappa shape index (κ3) is 4.12. The number of carbonyl (C=O) groups is 1. The van der Waals surface area contributed by atoms with Crippen molar-refractivity contribution in [3.8, 4) is 0 Å². The van der Waals surface area contributed by atoms with Crippen LogP contribution >= 0.6 is 0 Å². The molecule has 0 aromatic carbocycles. The Bertz CT molecular complexity index is 156. The molecular formula is C9H18N2O2. The van der Waals surface area contributed by atoms with Crippen molar-refractivity contribution in [2.75, 3.05) is 26.2 Å². The monoisotopic (exact) mass is 186 g/mol. The van der Waals surface area contributed by atoms with E-state index in [1.807, 2.05) is 6.92 Å². The number of amides is 1. The van der Waals surface area contributed by atoms with Gasteiger partial charge in [-0.05, 0) is 26.3 Å². The normalized spacial score (nSPS) is 22.4. The van der Waals surface area contributed by atoms with Crippen LogP contribution in [0.15, 0.2) is 0 Å². The lowest BCUT2D eigenvalue weighted by molar-refractivity contribution is 0.120. The Morgan fingerprint density at radius 1 is 1.69 bits per heavy atom. The number of piperidine rings is 1. The van der Waals surface area contributed by atoms with Crippen molar-refractivity contribution >= 4 is 6.09 Å². The fourth-order valence-corrected chi connectivity index (χ4v) is 1.46.